The molecule has 1 heterocycles. The summed E-state index contributed by atoms with van der Waals surface area (Å²) in [6.45, 7) is 5.81. The van der Waals surface area contributed by atoms with E-state index in [0.29, 0.717) is 6.04 Å². The summed E-state index contributed by atoms with van der Waals surface area (Å²) >= 11 is 0. The molecule has 4 heteroatoms. The van der Waals surface area contributed by atoms with Gasteiger partial charge in [-0.15, -0.1) is 0 Å². The van der Waals surface area contributed by atoms with Gasteiger partial charge < -0.3 is 5.32 Å². The van der Waals surface area contributed by atoms with E-state index in [-0.39, 0.29) is 0 Å². The molecule has 1 N–H and O–H groups in total. The van der Waals surface area contributed by atoms with Crippen LogP contribution in [0.3, 0.4) is 0 Å². The molecule has 0 aliphatic carbocycles. The van der Waals surface area contributed by atoms with Gasteiger partial charge >= 0.3 is 0 Å². The maximum atomic E-state index is 4.64. The molecule has 3 aromatic rings. The minimum absolute atomic E-state index is 0.426. The standard InChI is InChI=1S/C21H26N4/c1-3-25-23-20(21(24-25)19-12-8-5-9-13-19)16-22-17(2)14-15-18-10-6-4-7-11-18/h4-13,17,22H,3,14-16H2,1-2H3/t17-/m0/s1. The Morgan fingerprint density at radius 1 is 0.960 bits per heavy atom. The zero-order chi connectivity index (χ0) is 17.5. The minimum Gasteiger partial charge on any atom is -0.309 e. The molecule has 1 atom stereocenters. The molecule has 0 saturated heterocycles. The van der Waals surface area contributed by atoms with Gasteiger partial charge in [0.25, 0.3) is 0 Å². The van der Waals surface area contributed by atoms with Crippen molar-refractivity contribution in [2.24, 2.45) is 0 Å². The van der Waals surface area contributed by atoms with E-state index < -0.39 is 0 Å². The molecule has 0 unspecified atom stereocenters. The number of hydrogen-bond acceptors (Lipinski definition) is 3. The third-order valence-electron chi connectivity index (χ3n) is 4.38. The fourth-order valence-corrected chi connectivity index (χ4v) is 2.86. The topological polar surface area (TPSA) is 42.7 Å². The maximum Gasteiger partial charge on any atom is 0.117 e. The Labute approximate surface area is 149 Å². The van der Waals surface area contributed by atoms with Gasteiger partial charge in [0.05, 0.1) is 6.54 Å². The number of benzene rings is 2. The van der Waals surface area contributed by atoms with Crippen LogP contribution in [-0.2, 0) is 19.5 Å². The Bertz CT molecular complexity index is 765. The molecule has 0 radical (unpaired) electrons. The van der Waals surface area contributed by atoms with Gasteiger partial charge in [0, 0.05) is 18.2 Å². The second-order valence-electron chi connectivity index (χ2n) is 6.36. The molecule has 2 aromatic carbocycles. The van der Waals surface area contributed by atoms with Crippen molar-refractivity contribution in [3.05, 3.63) is 71.9 Å². The van der Waals surface area contributed by atoms with Crippen LogP contribution in [0.2, 0.25) is 0 Å². The first-order chi connectivity index (χ1) is 12.3. The van der Waals surface area contributed by atoms with E-state index in [4.69, 9.17) is 0 Å². The molecule has 0 aliphatic rings. The van der Waals surface area contributed by atoms with E-state index in [2.05, 4.69) is 71.8 Å². The van der Waals surface area contributed by atoms with Crippen molar-refractivity contribution >= 4 is 0 Å². The lowest BCUT2D eigenvalue weighted by atomic mass is 10.1. The van der Waals surface area contributed by atoms with Crippen LogP contribution in [0.4, 0.5) is 0 Å². The summed E-state index contributed by atoms with van der Waals surface area (Å²) < 4.78 is 0. The smallest absolute Gasteiger partial charge is 0.117 e. The second-order valence-corrected chi connectivity index (χ2v) is 6.36. The highest BCUT2D eigenvalue weighted by Crippen LogP contribution is 2.20. The average Bonchev–Trinajstić information content (AvgIpc) is 3.09. The van der Waals surface area contributed by atoms with Crippen LogP contribution in [-0.4, -0.2) is 21.0 Å². The number of aromatic nitrogens is 3. The quantitative estimate of drug-likeness (QED) is 0.675. The fourth-order valence-electron chi connectivity index (χ4n) is 2.86. The number of rotatable bonds is 8. The number of nitrogens with one attached hydrogen (secondary N) is 1. The Balaban J connectivity index is 1.61. The highest BCUT2D eigenvalue weighted by Gasteiger charge is 2.13. The highest BCUT2D eigenvalue weighted by molar-refractivity contribution is 5.60. The first-order valence-corrected chi connectivity index (χ1v) is 9.03. The number of nitrogens with zero attached hydrogens (tertiary/aromatic N) is 3. The zero-order valence-corrected chi connectivity index (χ0v) is 15.0. The Morgan fingerprint density at radius 3 is 2.32 bits per heavy atom. The summed E-state index contributed by atoms with van der Waals surface area (Å²) in [6, 6.07) is 21.4. The fraction of sp³-hybridized carbons (Fsp3) is 0.333. The largest absolute Gasteiger partial charge is 0.309 e. The lowest BCUT2D eigenvalue weighted by molar-refractivity contribution is 0.501. The number of hydrogen-bond donors (Lipinski definition) is 1. The van der Waals surface area contributed by atoms with E-state index in [9.17, 15) is 0 Å². The maximum absolute atomic E-state index is 4.64. The minimum atomic E-state index is 0.426. The van der Waals surface area contributed by atoms with Gasteiger partial charge in [0.15, 0.2) is 0 Å². The average molecular weight is 334 g/mol. The van der Waals surface area contributed by atoms with Crippen molar-refractivity contribution in [2.45, 2.75) is 45.8 Å². The van der Waals surface area contributed by atoms with E-state index in [1.165, 1.54) is 5.56 Å². The molecule has 1 aromatic heterocycles. The predicted octanol–water partition coefficient (Wildman–Crippen LogP) is 4.08. The van der Waals surface area contributed by atoms with Crippen molar-refractivity contribution < 1.29 is 0 Å². The van der Waals surface area contributed by atoms with E-state index in [1.54, 1.807) is 4.80 Å². The van der Waals surface area contributed by atoms with Crippen LogP contribution in [0.15, 0.2) is 60.7 Å². The number of aryl methyl sites for hydroxylation is 2. The van der Waals surface area contributed by atoms with Crippen LogP contribution < -0.4 is 5.32 Å². The van der Waals surface area contributed by atoms with Gasteiger partial charge in [-0.3, -0.25) is 0 Å². The predicted molar refractivity (Wildman–Crippen MR) is 102 cm³/mol. The van der Waals surface area contributed by atoms with Crippen molar-refractivity contribution in [1.82, 2.24) is 20.3 Å². The summed E-state index contributed by atoms with van der Waals surface area (Å²) in [5.41, 5.74) is 4.50. The molecule has 3 rings (SSSR count). The summed E-state index contributed by atoms with van der Waals surface area (Å²) in [7, 11) is 0. The monoisotopic (exact) mass is 334 g/mol. The molecular formula is C21H26N4. The molecule has 0 spiro atoms. The summed E-state index contributed by atoms with van der Waals surface area (Å²) in [5, 5.41) is 12.9. The molecule has 0 fully saturated rings. The third kappa shape index (κ3) is 4.77. The molecule has 130 valence electrons. The molecule has 0 bridgehead atoms. The lowest BCUT2D eigenvalue weighted by Crippen LogP contribution is -2.26. The van der Waals surface area contributed by atoms with E-state index in [1.807, 2.05) is 18.2 Å². The molecule has 4 nitrogen and oxygen atoms in total. The van der Waals surface area contributed by atoms with E-state index >= 15 is 0 Å². The molecule has 0 saturated carbocycles. The first-order valence-electron chi connectivity index (χ1n) is 9.03. The van der Waals surface area contributed by atoms with Crippen LogP contribution in [0.5, 0.6) is 0 Å². The van der Waals surface area contributed by atoms with Gasteiger partial charge in [0.2, 0.25) is 0 Å². The van der Waals surface area contributed by atoms with Crippen LogP contribution >= 0.6 is 0 Å². The van der Waals surface area contributed by atoms with Crippen LogP contribution in [0.25, 0.3) is 11.3 Å². The van der Waals surface area contributed by atoms with Crippen molar-refractivity contribution in [1.29, 1.82) is 0 Å². The zero-order valence-electron chi connectivity index (χ0n) is 15.0. The molecule has 0 aliphatic heterocycles. The van der Waals surface area contributed by atoms with Crippen molar-refractivity contribution in [2.75, 3.05) is 0 Å². The lowest BCUT2D eigenvalue weighted by Gasteiger charge is -2.13. The SMILES string of the molecule is CCn1nc(CN[C@@H](C)CCc2ccccc2)c(-c2ccccc2)n1. The Morgan fingerprint density at radius 2 is 1.64 bits per heavy atom. The van der Waals surface area contributed by atoms with Crippen molar-refractivity contribution in [3.63, 3.8) is 0 Å². The Hall–Kier alpha value is -2.46. The molecule has 0 amide bonds. The van der Waals surface area contributed by atoms with Gasteiger partial charge in [0.1, 0.15) is 11.4 Å². The molecular weight excluding hydrogens is 308 g/mol. The summed E-state index contributed by atoms with van der Waals surface area (Å²) in [6.07, 6.45) is 2.19. The second kappa shape index (κ2) is 8.58. The molecule has 25 heavy (non-hydrogen) atoms. The van der Waals surface area contributed by atoms with Crippen LogP contribution in [0, 0.1) is 0 Å². The van der Waals surface area contributed by atoms with Gasteiger partial charge in [-0.1, -0.05) is 60.7 Å². The normalized spacial score (nSPS) is 12.2. The van der Waals surface area contributed by atoms with Gasteiger partial charge in [-0.05, 0) is 32.3 Å². The van der Waals surface area contributed by atoms with Crippen molar-refractivity contribution in [3.8, 4) is 11.3 Å². The van der Waals surface area contributed by atoms with Crippen LogP contribution in [0.1, 0.15) is 31.5 Å². The Kier molecular flexibility index (Phi) is 5.96. The highest BCUT2D eigenvalue weighted by atomic mass is 15.5. The summed E-state index contributed by atoms with van der Waals surface area (Å²) in [5.74, 6) is 0. The van der Waals surface area contributed by atoms with E-state index in [0.717, 1.165) is 42.9 Å². The summed E-state index contributed by atoms with van der Waals surface area (Å²) in [4.78, 5) is 1.77. The first kappa shape index (κ1) is 17.4. The third-order valence-corrected chi connectivity index (χ3v) is 4.38. The van der Waals surface area contributed by atoms with Gasteiger partial charge in [-0.2, -0.15) is 15.0 Å². The van der Waals surface area contributed by atoms with Gasteiger partial charge in [-0.25, -0.2) is 0 Å².